The Morgan fingerprint density at radius 2 is 1.68 bits per heavy atom. The van der Waals surface area contributed by atoms with Gasteiger partial charge in [-0.1, -0.05) is 6.07 Å². The van der Waals surface area contributed by atoms with Crippen molar-refractivity contribution in [3.63, 3.8) is 0 Å². The van der Waals surface area contributed by atoms with E-state index in [0.717, 1.165) is 35.9 Å². The summed E-state index contributed by atoms with van der Waals surface area (Å²) < 4.78 is 16.3. The highest BCUT2D eigenvalue weighted by Gasteiger charge is 2.11. The van der Waals surface area contributed by atoms with Crippen molar-refractivity contribution in [1.82, 2.24) is 0 Å². The van der Waals surface area contributed by atoms with Gasteiger partial charge in [-0.15, -0.1) is 0 Å². The fourth-order valence-corrected chi connectivity index (χ4v) is 2.35. The molecule has 22 heavy (non-hydrogen) atoms. The molecule has 0 unspecified atom stereocenters. The van der Waals surface area contributed by atoms with Crippen LogP contribution in [0.5, 0.6) is 17.2 Å². The number of para-hydroxylation sites is 1. The molecule has 0 saturated carbocycles. The molecule has 0 radical (unpaired) electrons. The van der Waals surface area contributed by atoms with Crippen molar-refractivity contribution >= 4 is 0 Å². The summed E-state index contributed by atoms with van der Waals surface area (Å²) in [6.07, 6.45) is 0. The first-order valence-electron chi connectivity index (χ1n) is 7.51. The Bertz CT molecular complexity index is 581. The van der Waals surface area contributed by atoms with E-state index in [1.54, 1.807) is 14.2 Å². The first-order valence-corrected chi connectivity index (χ1v) is 7.51. The third-order valence-electron chi connectivity index (χ3n) is 3.47. The van der Waals surface area contributed by atoms with Crippen molar-refractivity contribution in [2.75, 3.05) is 20.8 Å². The van der Waals surface area contributed by atoms with Crippen molar-refractivity contribution in [2.45, 2.75) is 20.0 Å². The van der Waals surface area contributed by atoms with Crippen molar-refractivity contribution < 1.29 is 19.5 Å². The van der Waals surface area contributed by atoms with Gasteiger partial charge in [0.05, 0.1) is 26.4 Å². The molecule has 2 aromatic rings. The smallest absolute Gasteiger partial charge is 0.169 e. The molecule has 2 N–H and O–H groups in total. The number of nitrogens with two attached hydrogens (primary N) is 1. The average molecular weight is 302 g/mol. The second-order valence-corrected chi connectivity index (χ2v) is 4.93. The highest BCUT2D eigenvalue weighted by atomic mass is 16.5. The van der Waals surface area contributed by atoms with E-state index in [9.17, 15) is 0 Å². The van der Waals surface area contributed by atoms with E-state index in [4.69, 9.17) is 14.2 Å². The van der Waals surface area contributed by atoms with Gasteiger partial charge in [-0.3, -0.25) is 0 Å². The second kappa shape index (κ2) is 8.29. The Morgan fingerprint density at radius 3 is 2.32 bits per heavy atom. The zero-order chi connectivity index (χ0) is 15.8. The van der Waals surface area contributed by atoms with Crippen LogP contribution in [-0.2, 0) is 13.1 Å². The lowest BCUT2D eigenvalue weighted by atomic mass is 10.1. The lowest BCUT2D eigenvalue weighted by molar-refractivity contribution is -0.686. The molecular formula is C18H24NO3+. The normalized spacial score (nSPS) is 10.3. The van der Waals surface area contributed by atoms with Gasteiger partial charge in [0.15, 0.2) is 11.5 Å². The van der Waals surface area contributed by atoms with Gasteiger partial charge in [-0.25, -0.2) is 0 Å². The zero-order valence-electron chi connectivity index (χ0n) is 13.5. The molecule has 0 fully saturated rings. The molecule has 0 amide bonds. The van der Waals surface area contributed by atoms with E-state index >= 15 is 0 Å². The van der Waals surface area contributed by atoms with Crippen LogP contribution in [0.3, 0.4) is 0 Å². The summed E-state index contributed by atoms with van der Waals surface area (Å²) in [6, 6.07) is 14.2. The van der Waals surface area contributed by atoms with Crippen LogP contribution in [0, 0.1) is 0 Å². The Labute approximate surface area is 132 Å². The molecule has 0 aliphatic heterocycles. The van der Waals surface area contributed by atoms with E-state index < -0.39 is 0 Å². The van der Waals surface area contributed by atoms with Crippen LogP contribution < -0.4 is 19.5 Å². The third kappa shape index (κ3) is 4.15. The molecule has 2 rings (SSSR count). The Hall–Kier alpha value is -2.20. The fraction of sp³-hybridized carbons (Fsp3) is 0.333. The maximum absolute atomic E-state index is 5.73. The molecule has 0 spiro atoms. The fourth-order valence-electron chi connectivity index (χ4n) is 2.35. The maximum Gasteiger partial charge on any atom is 0.169 e. The van der Waals surface area contributed by atoms with Crippen molar-refractivity contribution in [2.24, 2.45) is 0 Å². The van der Waals surface area contributed by atoms with Crippen LogP contribution in [0.15, 0.2) is 42.5 Å². The van der Waals surface area contributed by atoms with Gasteiger partial charge < -0.3 is 19.5 Å². The number of methoxy groups -OCH3 is 2. The summed E-state index contributed by atoms with van der Waals surface area (Å²) in [7, 11) is 3.35. The lowest BCUT2D eigenvalue weighted by Crippen LogP contribution is -2.80. The summed E-state index contributed by atoms with van der Waals surface area (Å²) in [5.74, 6) is 2.52. The summed E-state index contributed by atoms with van der Waals surface area (Å²) in [5, 5.41) is 2.25. The minimum atomic E-state index is 0.631. The molecule has 0 aromatic heterocycles. The van der Waals surface area contributed by atoms with Crippen LogP contribution >= 0.6 is 0 Å². The summed E-state index contributed by atoms with van der Waals surface area (Å²) in [6.45, 7) is 4.37. The molecule has 118 valence electrons. The minimum absolute atomic E-state index is 0.631. The largest absolute Gasteiger partial charge is 0.497 e. The topological polar surface area (TPSA) is 44.3 Å². The first-order chi connectivity index (χ1) is 10.8. The van der Waals surface area contributed by atoms with Crippen molar-refractivity contribution in [3.8, 4) is 17.2 Å². The summed E-state index contributed by atoms with van der Waals surface area (Å²) in [4.78, 5) is 0. The second-order valence-electron chi connectivity index (χ2n) is 4.93. The van der Waals surface area contributed by atoms with Gasteiger partial charge in [0.2, 0.25) is 0 Å². The molecule has 0 atom stereocenters. The lowest BCUT2D eigenvalue weighted by Gasteiger charge is -2.13. The van der Waals surface area contributed by atoms with E-state index in [2.05, 4.69) is 23.5 Å². The predicted octanol–water partition coefficient (Wildman–Crippen LogP) is 2.37. The van der Waals surface area contributed by atoms with Gasteiger partial charge >= 0.3 is 0 Å². The molecule has 4 nitrogen and oxygen atoms in total. The standard InChI is InChI=1S/C18H23NO3/c1-4-22-18-15(6-5-7-17(18)21-3)13-19-12-14-8-10-16(20-2)11-9-14/h5-11,19H,4,12-13H2,1-3H3/p+1. The van der Waals surface area contributed by atoms with Crippen LogP contribution in [0.2, 0.25) is 0 Å². The number of rotatable bonds is 8. The maximum atomic E-state index is 5.73. The van der Waals surface area contributed by atoms with Gasteiger partial charge in [0.1, 0.15) is 18.8 Å². The quantitative estimate of drug-likeness (QED) is 0.814. The highest BCUT2D eigenvalue weighted by Crippen LogP contribution is 2.30. The van der Waals surface area contributed by atoms with Crippen molar-refractivity contribution in [1.29, 1.82) is 0 Å². The molecule has 0 bridgehead atoms. The molecule has 0 saturated heterocycles. The van der Waals surface area contributed by atoms with Crippen LogP contribution in [0.25, 0.3) is 0 Å². The molecular weight excluding hydrogens is 278 g/mol. The Kier molecular flexibility index (Phi) is 6.10. The molecule has 0 heterocycles. The first kappa shape index (κ1) is 16.2. The zero-order valence-corrected chi connectivity index (χ0v) is 13.5. The van der Waals surface area contributed by atoms with E-state index in [0.29, 0.717) is 6.61 Å². The Morgan fingerprint density at radius 1 is 0.909 bits per heavy atom. The van der Waals surface area contributed by atoms with Crippen molar-refractivity contribution in [3.05, 3.63) is 53.6 Å². The third-order valence-corrected chi connectivity index (χ3v) is 3.47. The SMILES string of the molecule is CCOc1c(C[NH2+]Cc2ccc(OC)cc2)cccc1OC. The monoisotopic (exact) mass is 302 g/mol. The van der Waals surface area contributed by atoms with Crippen LogP contribution in [0.1, 0.15) is 18.1 Å². The molecule has 4 heteroatoms. The number of quaternary nitrogens is 1. The van der Waals surface area contributed by atoms with E-state index in [1.165, 1.54) is 5.56 Å². The number of benzene rings is 2. The average Bonchev–Trinajstić information content (AvgIpc) is 2.57. The van der Waals surface area contributed by atoms with E-state index in [-0.39, 0.29) is 0 Å². The number of hydrogen-bond donors (Lipinski definition) is 1. The number of hydrogen-bond acceptors (Lipinski definition) is 3. The van der Waals surface area contributed by atoms with Gasteiger partial charge in [0, 0.05) is 5.56 Å². The van der Waals surface area contributed by atoms with Crippen LogP contribution in [0.4, 0.5) is 0 Å². The van der Waals surface area contributed by atoms with Gasteiger partial charge in [-0.2, -0.15) is 0 Å². The van der Waals surface area contributed by atoms with Crippen LogP contribution in [-0.4, -0.2) is 20.8 Å². The molecule has 2 aromatic carbocycles. The molecule has 0 aliphatic rings. The highest BCUT2D eigenvalue weighted by molar-refractivity contribution is 5.46. The van der Waals surface area contributed by atoms with E-state index in [1.807, 2.05) is 31.2 Å². The number of ether oxygens (including phenoxy) is 3. The minimum Gasteiger partial charge on any atom is -0.497 e. The molecule has 0 aliphatic carbocycles. The predicted molar refractivity (Wildman–Crippen MR) is 86.5 cm³/mol. The van der Waals surface area contributed by atoms with Gasteiger partial charge in [-0.05, 0) is 43.3 Å². The Balaban J connectivity index is 1.98. The summed E-state index contributed by atoms with van der Waals surface area (Å²) >= 11 is 0. The van der Waals surface area contributed by atoms with Gasteiger partial charge in [0.25, 0.3) is 0 Å². The summed E-state index contributed by atoms with van der Waals surface area (Å²) in [5.41, 5.74) is 2.41.